The van der Waals surface area contributed by atoms with Crippen LogP contribution in [0.4, 0.5) is 0 Å². The molecular weight excluding hydrogens is 432 g/mol. The Morgan fingerprint density at radius 1 is 0.500 bits per heavy atom. The zero-order valence-corrected chi connectivity index (χ0v) is 19.2. The van der Waals surface area contributed by atoms with Gasteiger partial charge in [-0.15, -0.1) is 11.3 Å². The molecule has 0 amide bonds. The number of hydrogen-bond acceptors (Lipinski definition) is 2. The van der Waals surface area contributed by atoms with E-state index in [9.17, 15) is 0 Å². The molecule has 0 unspecified atom stereocenters. The number of hydrogen-bond donors (Lipinski definition) is 0. The molecule has 1 nitrogen and oxygen atoms in total. The van der Waals surface area contributed by atoms with Gasteiger partial charge in [-0.05, 0) is 67.4 Å². The molecule has 0 saturated carbocycles. The van der Waals surface area contributed by atoms with E-state index in [1.165, 1.54) is 43.8 Å². The summed E-state index contributed by atoms with van der Waals surface area (Å²) in [6.07, 6.45) is 0. The highest BCUT2D eigenvalue weighted by molar-refractivity contribution is 7.13. The molecule has 0 aliphatic carbocycles. The summed E-state index contributed by atoms with van der Waals surface area (Å²) in [5, 5.41) is 8.28. The van der Waals surface area contributed by atoms with E-state index in [2.05, 4.69) is 121 Å². The minimum absolute atomic E-state index is 0.918. The molecule has 2 aromatic heterocycles. The number of furan rings is 1. The Bertz CT molecular complexity index is 1730. The van der Waals surface area contributed by atoms with Gasteiger partial charge in [0.1, 0.15) is 11.3 Å². The van der Waals surface area contributed by atoms with Gasteiger partial charge in [0, 0.05) is 5.39 Å². The smallest absolute Gasteiger partial charge is 0.145 e. The highest BCUT2D eigenvalue weighted by Crippen LogP contribution is 2.46. The molecule has 34 heavy (non-hydrogen) atoms. The lowest BCUT2D eigenvalue weighted by molar-refractivity contribution is 0.633. The number of thiophene rings is 1. The van der Waals surface area contributed by atoms with Crippen LogP contribution in [-0.2, 0) is 0 Å². The molecule has 7 aromatic rings. The van der Waals surface area contributed by atoms with Crippen LogP contribution in [0.15, 0.2) is 125 Å². The SMILES string of the molecule is c1ccc(-c2c3ccccc3c(-c3cccc4oc(-c5cccs5)cc34)c3ccccc23)cc1. The van der Waals surface area contributed by atoms with Gasteiger partial charge < -0.3 is 4.42 Å². The van der Waals surface area contributed by atoms with Gasteiger partial charge in [-0.3, -0.25) is 0 Å². The second-order valence-electron chi connectivity index (χ2n) is 8.51. The molecule has 0 aliphatic heterocycles. The van der Waals surface area contributed by atoms with Crippen LogP contribution in [0.3, 0.4) is 0 Å². The van der Waals surface area contributed by atoms with E-state index < -0.39 is 0 Å². The molecule has 0 fully saturated rings. The number of rotatable bonds is 3. The van der Waals surface area contributed by atoms with E-state index in [-0.39, 0.29) is 0 Å². The fraction of sp³-hybridized carbons (Fsp3) is 0. The normalized spacial score (nSPS) is 11.5. The molecule has 0 saturated heterocycles. The predicted octanol–water partition coefficient (Wildman–Crippen LogP) is 9.80. The van der Waals surface area contributed by atoms with Crippen molar-refractivity contribution >= 4 is 43.9 Å². The Labute approximate surface area is 201 Å². The largest absolute Gasteiger partial charge is 0.455 e. The number of fused-ring (bicyclic) bond motifs is 3. The second-order valence-corrected chi connectivity index (χ2v) is 9.46. The van der Waals surface area contributed by atoms with Crippen molar-refractivity contribution in [1.82, 2.24) is 0 Å². The molecule has 0 radical (unpaired) electrons. The Morgan fingerprint density at radius 2 is 1.15 bits per heavy atom. The zero-order valence-electron chi connectivity index (χ0n) is 18.4. The van der Waals surface area contributed by atoms with Gasteiger partial charge in [0.25, 0.3) is 0 Å². The van der Waals surface area contributed by atoms with E-state index in [1.54, 1.807) is 11.3 Å². The summed E-state index contributed by atoms with van der Waals surface area (Å²) in [4.78, 5) is 1.15. The van der Waals surface area contributed by atoms with Crippen LogP contribution >= 0.6 is 11.3 Å². The predicted molar refractivity (Wildman–Crippen MR) is 145 cm³/mol. The summed E-state index contributed by atoms with van der Waals surface area (Å²) in [5.41, 5.74) is 5.91. The quantitative estimate of drug-likeness (QED) is 0.243. The molecule has 0 aliphatic rings. The van der Waals surface area contributed by atoms with Crippen molar-refractivity contribution in [3.05, 3.63) is 121 Å². The fourth-order valence-electron chi connectivity index (χ4n) is 5.15. The molecule has 0 spiro atoms. The van der Waals surface area contributed by atoms with Crippen LogP contribution in [0.1, 0.15) is 0 Å². The lowest BCUT2D eigenvalue weighted by atomic mass is 9.85. The summed E-state index contributed by atoms with van der Waals surface area (Å²) in [5.74, 6) is 0.923. The van der Waals surface area contributed by atoms with Gasteiger partial charge >= 0.3 is 0 Å². The van der Waals surface area contributed by atoms with Gasteiger partial charge in [-0.2, -0.15) is 0 Å². The molecule has 5 aromatic carbocycles. The zero-order chi connectivity index (χ0) is 22.5. The second kappa shape index (κ2) is 7.72. The van der Waals surface area contributed by atoms with Gasteiger partial charge in [-0.25, -0.2) is 0 Å². The maximum Gasteiger partial charge on any atom is 0.145 e. The summed E-state index contributed by atoms with van der Waals surface area (Å²) in [6, 6.07) is 41.1. The van der Waals surface area contributed by atoms with Gasteiger partial charge in [0.2, 0.25) is 0 Å². The van der Waals surface area contributed by atoms with Crippen molar-refractivity contribution in [2.45, 2.75) is 0 Å². The summed E-state index contributed by atoms with van der Waals surface area (Å²) in [6.45, 7) is 0. The molecule has 2 heterocycles. The maximum absolute atomic E-state index is 6.30. The average Bonchev–Trinajstić information content (AvgIpc) is 3.58. The molecule has 2 heteroatoms. The van der Waals surface area contributed by atoms with Crippen LogP contribution in [-0.4, -0.2) is 0 Å². The van der Waals surface area contributed by atoms with Crippen LogP contribution < -0.4 is 0 Å². The van der Waals surface area contributed by atoms with Crippen LogP contribution in [0.2, 0.25) is 0 Å². The van der Waals surface area contributed by atoms with Crippen molar-refractivity contribution in [3.8, 4) is 32.9 Å². The van der Waals surface area contributed by atoms with Crippen LogP contribution in [0.25, 0.3) is 65.4 Å². The number of benzene rings is 5. The lowest BCUT2D eigenvalue weighted by Gasteiger charge is -2.18. The van der Waals surface area contributed by atoms with Gasteiger partial charge in [0.05, 0.1) is 4.88 Å². The van der Waals surface area contributed by atoms with Crippen LogP contribution in [0.5, 0.6) is 0 Å². The van der Waals surface area contributed by atoms with Crippen molar-refractivity contribution in [2.24, 2.45) is 0 Å². The Kier molecular flexibility index (Phi) is 4.39. The Hall–Kier alpha value is -4.14. The fourth-order valence-corrected chi connectivity index (χ4v) is 5.83. The minimum Gasteiger partial charge on any atom is -0.455 e. The van der Waals surface area contributed by atoms with E-state index in [4.69, 9.17) is 4.42 Å². The summed E-state index contributed by atoms with van der Waals surface area (Å²) < 4.78 is 6.30. The summed E-state index contributed by atoms with van der Waals surface area (Å²) >= 11 is 1.70. The first-order valence-corrected chi connectivity index (χ1v) is 12.3. The van der Waals surface area contributed by atoms with E-state index in [0.717, 1.165) is 21.6 Å². The molecule has 160 valence electrons. The van der Waals surface area contributed by atoms with Crippen molar-refractivity contribution in [1.29, 1.82) is 0 Å². The molecule has 0 N–H and O–H groups in total. The van der Waals surface area contributed by atoms with Crippen molar-refractivity contribution < 1.29 is 4.42 Å². The third kappa shape index (κ3) is 2.93. The standard InChI is InChI=1S/C32H20OS/c1-2-10-21(11-3-1)31-22-12-4-6-14-24(22)32(25-15-7-5-13-23(25)31)26-16-8-17-28-27(26)20-29(33-28)30-18-9-19-34-30/h1-20H. The first-order chi connectivity index (χ1) is 16.9. The van der Waals surface area contributed by atoms with E-state index >= 15 is 0 Å². The summed E-state index contributed by atoms with van der Waals surface area (Å²) in [7, 11) is 0. The van der Waals surface area contributed by atoms with E-state index in [0.29, 0.717) is 0 Å². The third-order valence-corrected chi connectivity index (χ3v) is 7.47. The molecular formula is C32H20OS. The Morgan fingerprint density at radius 3 is 1.79 bits per heavy atom. The van der Waals surface area contributed by atoms with Gasteiger partial charge in [-0.1, -0.05) is 97.1 Å². The molecule has 7 rings (SSSR count). The maximum atomic E-state index is 6.30. The van der Waals surface area contributed by atoms with Crippen molar-refractivity contribution in [2.75, 3.05) is 0 Å². The third-order valence-electron chi connectivity index (χ3n) is 6.59. The monoisotopic (exact) mass is 452 g/mol. The van der Waals surface area contributed by atoms with Crippen molar-refractivity contribution in [3.63, 3.8) is 0 Å². The molecule has 0 atom stereocenters. The van der Waals surface area contributed by atoms with Crippen LogP contribution in [0, 0.1) is 0 Å². The highest BCUT2D eigenvalue weighted by atomic mass is 32.1. The minimum atomic E-state index is 0.918. The molecule has 0 bridgehead atoms. The first-order valence-electron chi connectivity index (χ1n) is 11.4. The van der Waals surface area contributed by atoms with Gasteiger partial charge in [0.15, 0.2) is 0 Å². The van der Waals surface area contributed by atoms with E-state index in [1.807, 2.05) is 0 Å². The topological polar surface area (TPSA) is 13.1 Å². The first kappa shape index (κ1) is 19.3. The Balaban J connectivity index is 1.62. The average molecular weight is 453 g/mol. The highest BCUT2D eigenvalue weighted by Gasteiger charge is 2.19. The lowest BCUT2D eigenvalue weighted by Crippen LogP contribution is -1.90.